The molecule has 0 aliphatic rings. The number of rotatable bonds is 4. The summed E-state index contributed by atoms with van der Waals surface area (Å²) in [7, 11) is 0. The quantitative estimate of drug-likeness (QED) is 0.925. The van der Waals surface area contributed by atoms with Crippen molar-refractivity contribution >= 4 is 5.97 Å². The Hall–Kier alpha value is -2.63. The molecule has 0 bridgehead atoms. The molecule has 0 spiro atoms. The van der Waals surface area contributed by atoms with Gasteiger partial charge in [-0.15, -0.1) is 0 Å². The molecule has 0 amide bonds. The Labute approximate surface area is 115 Å². The minimum Gasteiger partial charge on any atom is -0.478 e. The van der Waals surface area contributed by atoms with Crippen LogP contribution in [0.25, 0.3) is 0 Å². The van der Waals surface area contributed by atoms with Gasteiger partial charge in [0.2, 0.25) is 0 Å². The molecule has 1 aromatic heterocycles. The number of carboxylic acids is 1. The standard InChI is InChI=1S/C14H14N2O4/c1-9(2)16-7-6-15-12(13(16)17)20-11-5-3-4-10(8-11)14(18)19/h3-9H,1-2H3,(H,18,19). The van der Waals surface area contributed by atoms with Crippen LogP contribution in [0.15, 0.2) is 41.5 Å². The van der Waals surface area contributed by atoms with Crippen LogP contribution in [0.4, 0.5) is 0 Å². The molecular weight excluding hydrogens is 260 g/mol. The average Bonchev–Trinajstić information content (AvgIpc) is 2.41. The van der Waals surface area contributed by atoms with E-state index < -0.39 is 5.97 Å². The molecule has 2 aromatic rings. The minimum atomic E-state index is -1.06. The van der Waals surface area contributed by atoms with Gasteiger partial charge in [-0.2, -0.15) is 0 Å². The molecule has 104 valence electrons. The second kappa shape index (κ2) is 5.56. The van der Waals surface area contributed by atoms with Gasteiger partial charge in [-0.05, 0) is 32.0 Å². The van der Waals surface area contributed by atoms with Crippen LogP contribution >= 0.6 is 0 Å². The van der Waals surface area contributed by atoms with E-state index in [9.17, 15) is 9.59 Å². The van der Waals surface area contributed by atoms with E-state index in [0.717, 1.165) is 0 Å². The molecular formula is C14H14N2O4. The first-order valence-corrected chi connectivity index (χ1v) is 6.07. The van der Waals surface area contributed by atoms with Crippen molar-refractivity contribution in [2.75, 3.05) is 0 Å². The lowest BCUT2D eigenvalue weighted by atomic mass is 10.2. The molecule has 0 atom stereocenters. The first-order chi connectivity index (χ1) is 9.49. The smallest absolute Gasteiger partial charge is 0.335 e. The molecule has 0 aliphatic heterocycles. The second-order valence-electron chi connectivity index (χ2n) is 4.47. The lowest BCUT2D eigenvalue weighted by Gasteiger charge is -2.11. The molecule has 1 N–H and O–H groups in total. The monoisotopic (exact) mass is 274 g/mol. The summed E-state index contributed by atoms with van der Waals surface area (Å²) in [6.07, 6.45) is 3.05. The lowest BCUT2D eigenvalue weighted by molar-refractivity contribution is 0.0696. The highest BCUT2D eigenvalue weighted by molar-refractivity contribution is 5.88. The van der Waals surface area contributed by atoms with Crippen molar-refractivity contribution in [3.8, 4) is 11.6 Å². The maximum absolute atomic E-state index is 12.1. The van der Waals surface area contributed by atoms with E-state index >= 15 is 0 Å². The molecule has 2 rings (SSSR count). The highest BCUT2D eigenvalue weighted by Crippen LogP contribution is 2.18. The molecule has 0 aliphatic carbocycles. The third-order valence-corrected chi connectivity index (χ3v) is 2.69. The number of hydrogen-bond acceptors (Lipinski definition) is 4. The highest BCUT2D eigenvalue weighted by atomic mass is 16.5. The Morgan fingerprint density at radius 2 is 2.15 bits per heavy atom. The molecule has 0 saturated carbocycles. The molecule has 0 radical (unpaired) electrons. The highest BCUT2D eigenvalue weighted by Gasteiger charge is 2.10. The second-order valence-corrected chi connectivity index (χ2v) is 4.47. The fourth-order valence-electron chi connectivity index (χ4n) is 1.69. The number of carbonyl (C=O) groups is 1. The maximum Gasteiger partial charge on any atom is 0.335 e. The van der Waals surface area contributed by atoms with Gasteiger partial charge in [0.1, 0.15) is 5.75 Å². The lowest BCUT2D eigenvalue weighted by Crippen LogP contribution is -2.23. The zero-order chi connectivity index (χ0) is 14.7. The number of ether oxygens (including phenoxy) is 1. The molecule has 20 heavy (non-hydrogen) atoms. The van der Waals surface area contributed by atoms with Gasteiger partial charge in [0.25, 0.3) is 5.88 Å². The molecule has 0 fully saturated rings. The largest absolute Gasteiger partial charge is 0.478 e. The van der Waals surface area contributed by atoms with Gasteiger partial charge in [0.05, 0.1) is 5.56 Å². The van der Waals surface area contributed by atoms with Crippen LogP contribution in [0.5, 0.6) is 11.6 Å². The van der Waals surface area contributed by atoms with Crippen molar-refractivity contribution < 1.29 is 14.6 Å². The maximum atomic E-state index is 12.1. The van der Waals surface area contributed by atoms with Crippen LogP contribution in [-0.2, 0) is 0 Å². The van der Waals surface area contributed by atoms with Crippen molar-refractivity contribution in [3.05, 3.63) is 52.6 Å². The number of nitrogens with zero attached hydrogens (tertiary/aromatic N) is 2. The summed E-state index contributed by atoms with van der Waals surface area (Å²) in [4.78, 5) is 26.9. The van der Waals surface area contributed by atoms with Gasteiger partial charge in [-0.25, -0.2) is 9.78 Å². The Balaban J connectivity index is 2.36. The Morgan fingerprint density at radius 3 is 2.80 bits per heavy atom. The van der Waals surface area contributed by atoms with Gasteiger partial charge >= 0.3 is 11.5 Å². The van der Waals surface area contributed by atoms with Gasteiger partial charge in [0, 0.05) is 18.4 Å². The molecule has 6 nitrogen and oxygen atoms in total. The number of aromatic carboxylic acids is 1. The molecule has 1 heterocycles. The Kier molecular flexibility index (Phi) is 3.84. The summed E-state index contributed by atoms with van der Waals surface area (Å²) >= 11 is 0. The summed E-state index contributed by atoms with van der Waals surface area (Å²) < 4.78 is 6.87. The van der Waals surface area contributed by atoms with E-state index in [1.165, 1.54) is 22.9 Å². The Bertz CT molecular complexity index is 692. The first-order valence-electron chi connectivity index (χ1n) is 6.07. The minimum absolute atomic E-state index is 0.0156. The van der Waals surface area contributed by atoms with Crippen molar-refractivity contribution in [2.45, 2.75) is 19.9 Å². The van der Waals surface area contributed by atoms with Crippen molar-refractivity contribution in [1.82, 2.24) is 9.55 Å². The van der Waals surface area contributed by atoms with E-state index in [-0.39, 0.29) is 28.8 Å². The summed E-state index contributed by atoms with van der Waals surface area (Å²) in [5.74, 6) is -0.879. The fourth-order valence-corrected chi connectivity index (χ4v) is 1.69. The number of aromatic nitrogens is 2. The number of hydrogen-bond donors (Lipinski definition) is 1. The van der Waals surface area contributed by atoms with E-state index in [2.05, 4.69) is 4.98 Å². The SMILES string of the molecule is CC(C)n1ccnc(Oc2cccc(C(=O)O)c2)c1=O. The summed E-state index contributed by atoms with van der Waals surface area (Å²) in [6.45, 7) is 3.74. The predicted octanol–water partition coefficient (Wildman–Crippen LogP) is 2.31. The van der Waals surface area contributed by atoms with Crippen LogP contribution in [0.1, 0.15) is 30.2 Å². The topological polar surface area (TPSA) is 81.4 Å². The molecule has 0 unspecified atom stereocenters. The first kappa shape index (κ1) is 13.8. The summed E-state index contributed by atoms with van der Waals surface area (Å²) in [5.41, 5.74) is -0.272. The van der Waals surface area contributed by atoms with Crippen LogP contribution in [0.3, 0.4) is 0 Å². The van der Waals surface area contributed by atoms with Crippen molar-refractivity contribution in [3.63, 3.8) is 0 Å². The zero-order valence-corrected chi connectivity index (χ0v) is 11.1. The van der Waals surface area contributed by atoms with Gasteiger partial charge in [-0.1, -0.05) is 6.07 Å². The molecule has 6 heteroatoms. The van der Waals surface area contributed by atoms with Crippen molar-refractivity contribution in [2.24, 2.45) is 0 Å². The number of carboxylic acid groups (broad SMARTS) is 1. The van der Waals surface area contributed by atoms with Gasteiger partial charge < -0.3 is 14.4 Å². The summed E-state index contributed by atoms with van der Waals surface area (Å²) in [5, 5.41) is 8.91. The average molecular weight is 274 g/mol. The van der Waals surface area contributed by atoms with E-state index in [4.69, 9.17) is 9.84 Å². The normalized spacial score (nSPS) is 10.6. The fraction of sp³-hybridized carbons (Fsp3) is 0.214. The van der Waals surface area contributed by atoms with E-state index in [1.807, 2.05) is 13.8 Å². The van der Waals surface area contributed by atoms with Gasteiger partial charge in [-0.3, -0.25) is 4.79 Å². The zero-order valence-electron chi connectivity index (χ0n) is 11.1. The molecule has 1 aromatic carbocycles. The third-order valence-electron chi connectivity index (χ3n) is 2.69. The van der Waals surface area contributed by atoms with E-state index in [0.29, 0.717) is 0 Å². The van der Waals surface area contributed by atoms with Crippen LogP contribution in [0.2, 0.25) is 0 Å². The van der Waals surface area contributed by atoms with Gasteiger partial charge in [0.15, 0.2) is 0 Å². The Morgan fingerprint density at radius 1 is 1.40 bits per heavy atom. The van der Waals surface area contributed by atoms with Crippen molar-refractivity contribution in [1.29, 1.82) is 0 Å². The van der Waals surface area contributed by atoms with Crippen LogP contribution in [0, 0.1) is 0 Å². The summed E-state index contributed by atoms with van der Waals surface area (Å²) in [6, 6.07) is 5.89. The van der Waals surface area contributed by atoms with E-state index in [1.54, 1.807) is 18.3 Å². The van der Waals surface area contributed by atoms with Crippen LogP contribution in [-0.4, -0.2) is 20.6 Å². The molecule has 0 saturated heterocycles. The number of benzene rings is 1. The third kappa shape index (κ3) is 2.85. The van der Waals surface area contributed by atoms with Crippen LogP contribution < -0.4 is 10.3 Å². The predicted molar refractivity (Wildman–Crippen MR) is 72.4 cm³/mol.